The smallest absolute Gasteiger partial charge is 0.0992 e. The molecule has 1 aromatic heterocycles. The topological polar surface area (TPSA) is 49.8 Å². The van der Waals surface area contributed by atoms with Gasteiger partial charge < -0.3 is 5.73 Å². The fraction of sp³-hybridized carbons (Fsp3) is 0.100. The highest BCUT2D eigenvalue weighted by molar-refractivity contribution is 7.19. The third kappa shape index (κ3) is 1.88. The zero-order chi connectivity index (χ0) is 9.26. The minimum absolute atomic E-state index is 0. The van der Waals surface area contributed by atoms with Crippen LogP contribution in [0.15, 0.2) is 24.3 Å². The standard InChI is InChI=1S/C10H8N2S.ClH/c11-5-7-1-2-8-4-9(6-12)13-10(8)3-7;/h1-4H,6,12H2;1H. The first-order chi connectivity index (χ1) is 6.33. The van der Waals surface area contributed by atoms with Crippen molar-refractivity contribution >= 4 is 33.8 Å². The lowest BCUT2D eigenvalue weighted by Gasteiger charge is -1.87. The Kier molecular flexibility index (Phi) is 3.48. The van der Waals surface area contributed by atoms with Crippen molar-refractivity contribution in [1.82, 2.24) is 0 Å². The summed E-state index contributed by atoms with van der Waals surface area (Å²) in [6.07, 6.45) is 0. The van der Waals surface area contributed by atoms with Crippen LogP contribution in [0.2, 0.25) is 0 Å². The molecule has 0 unspecified atom stereocenters. The summed E-state index contributed by atoms with van der Waals surface area (Å²) >= 11 is 1.65. The number of nitrogens with zero attached hydrogens (tertiary/aromatic N) is 1. The molecule has 1 heterocycles. The Morgan fingerprint density at radius 1 is 1.36 bits per heavy atom. The SMILES string of the molecule is Cl.N#Cc1ccc2cc(CN)sc2c1. The minimum Gasteiger partial charge on any atom is -0.326 e. The summed E-state index contributed by atoms with van der Waals surface area (Å²) in [6.45, 7) is 0.571. The molecule has 0 aliphatic carbocycles. The van der Waals surface area contributed by atoms with Gasteiger partial charge in [0.15, 0.2) is 0 Å². The molecule has 0 aliphatic heterocycles. The number of halogens is 1. The van der Waals surface area contributed by atoms with E-state index in [1.165, 1.54) is 5.39 Å². The highest BCUT2D eigenvalue weighted by Crippen LogP contribution is 2.25. The van der Waals surface area contributed by atoms with E-state index < -0.39 is 0 Å². The Hall–Kier alpha value is -1.08. The highest BCUT2D eigenvalue weighted by Gasteiger charge is 2.00. The summed E-state index contributed by atoms with van der Waals surface area (Å²) in [5.41, 5.74) is 6.24. The molecule has 2 nitrogen and oxygen atoms in total. The van der Waals surface area contributed by atoms with Crippen LogP contribution >= 0.6 is 23.7 Å². The van der Waals surface area contributed by atoms with E-state index in [0.29, 0.717) is 12.1 Å². The van der Waals surface area contributed by atoms with Crippen molar-refractivity contribution in [1.29, 1.82) is 5.26 Å². The van der Waals surface area contributed by atoms with Crippen LogP contribution in [0, 0.1) is 11.3 Å². The van der Waals surface area contributed by atoms with Crippen LogP contribution in [-0.4, -0.2) is 0 Å². The van der Waals surface area contributed by atoms with Gasteiger partial charge in [-0.05, 0) is 23.6 Å². The second-order valence-corrected chi connectivity index (χ2v) is 3.95. The quantitative estimate of drug-likeness (QED) is 0.810. The first-order valence-electron chi connectivity index (χ1n) is 3.96. The minimum atomic E-state index is 0. The van der Waals surface area contributed by atoms with Crippen molar-refractivity contribution < 1.29 is 0 Å². The molecule has 4 heteroatoms. The van der Waals surface area contributed by atoms with Crippen LogP contribution in [0.5, 0.6) is 0 Å². The van der Waals surface area contributed by atoms with Gasteiger partial charge in [-0.15, -0.1) is 23.7 Å². The van der Waals surface area contributed by atoms with Gasteiger partial charge in [0.25, 0.3) is 0 Å². The second-order valence-electron chi connectivity index (χ2n) is 2.78. The third-order valence-electron chi connectivity index (χ3n) is 1.90. The van der Waals surface area contributed by atoms with Crippen LogP contribution in [0.25, 0.3) is 10.1 Å². The summed E-state index contributed by atoms with van der Waals surface area (Å²) in [5.74, 6) is 0. The van der Waals surface area contributed by atoms with Gasteiger partial charge in [0.2, 0.25) is 0 Å². The van der Waals surface area contributed by atoms with Gasteiger partial charge in [-0.2, -0.15) is 5.26 Å². The number of rotatable bonds is 1. The molecule has 0 amide bonds. The summed E-state index contributed by atoms with van der Waals surface area (Å²) in [5, 5.41) is 9.86. The molecule has 0 saturated carbocycles. The first-order valence-corrected chi connectivity index (χ1v) is 4.78. The Morgan fingerprint density at radius 3 is 2.79 bits per heavy atom. The van der Waals surface area contributed by atoms with Crippen LogP contribution in [-0.2, 0) is 6.54 Å². The maximum atomic E-state index is 8.69. The lowest BCUT2D eigenvalue weighted by atomic mass is 10.2. The van der Waals surface area contributed by atoms with Gasteiger partial charge in [-0.25, -0.2) is 0 Å². The second kappa shape index (κ2) is 4.43. The maximum absolute atomic E-state index is 8.69. The van der Waals surface area contributed by atoms with E-state index in [0.717, 1.165) is 9.58 Å². The van der Waals surface area contributed by atoms with Crippen molar-refractivity contribution in [2.75, 3.05) is 0 Å². The summed E-state index contributed by atoms with van der Waals surface area (Å²) in [6, 6.07) is 9.88. The zero-order valence-corrected chi connectivity index (χ0v) is 8.99. The number of benzene rings is 1. The Labute approximate surface area is 92.4 Å². The molecular formula is C10H9ClN2S. The van der Waals surface area contributed by atoms with Gasteiger partial charge in [0.05, 0.1) is 11.6 Å². The van der Waals surface area contributed by atoms with E-state index >= 15 is 0 Å². The average molecular weight is 225 g/mol. The van der Waals surface area contributed by atoms with E-state index in [9.17, 15) is 0 Å². The molecule has 0 aliphatic rings. The predicted octanol–water partition coefficient (Wildman–Crippen LogP) is 2.65. The molecule has 0 spiro atoms. The molecule has 2 aromatic rings. The van der Waals surface area contributed by atoms with Gasteiger partial charge in [-0.1, -0.05) is 6.07 Å². The molecule has 0 atom stereocenters. The summed E-state index contributed by atoms with van der Waals surface area (Å²) in [7, 11) is 0. The number of hydrogen-bond acceptors (Lipinski definition) is 3. The fourth-order valence-corrected chi connectivity index (χ4v) is 2.24. The van der Waals surface area contributed by atoms with Crippen molar-refractivity contribution in [2.24, 2.45) is 5.73 Å². The van der Waals surface area contributed by atoms with Crippen molar-refractivity contribution in [2.45, 2.75) is 6.54 Å². The number of nitrogens with two attached hydrogens (primary N) is 1. The van der Waals surface area contributed by atoms with Crippen molar-refractivity contribution in [3.63, 3.8) is 0 Å². The molecule has 2 N–H and O–H groups in total. The molecule has 0 bridgehead atoms. The van der Waals surface area contributed by atoms with Gasteiger partial charge >= 0.3 is 0 Å². The Bertz CT molecular complexity index is 484. The van der Waals surface area contributed by atoms with Gasteiger partial charge in [0, 0.05) is 16.1 Å². The monoisotopic (exact) mass is 224 g/mol. The Morgan fingerprint density at radius 2 is 2.14 bits per heavy atom. The average Bonchev–Trinajstić information content (AvgIpc) is 2.58. The van der Waals surface area contributed by atoms with Crippen LogP contribution in [0.1, 0.15) is 10.4 Å². The summed E-state index contributed by atoms with van der Waals surface area (Å²) in [4.78, 5) is 1.16. The molecular weight excluding hydrogens is 216 g/mol. The van der Waals surface area contributed by atoms with Crippen LogP contribution in [0.4, 0.5) is 0 Å². The van der Waals surface area contributed by atoms with Crippen molar-refractivity contribution in [3.05, 3.63) is 34.7 Å². The van der Waals surface area contributed by atoms with Crippen molar-refractivity contribution in [3.8, 4) is 6.07 Å². The third-order valence-corrected chi connectivity index (χ3v) is 3.02. The van der Waals surface area contributed by atoms with E-state index in [1.54, 1.807) is 11.3 Å². The molecule has 0 saturated heterocycles. The van der Waals surface area contributed by atoms with Crippen LogP contribution in [0.3, 0.4) is 0 Å². The van der Waals surface area contributed by atoms with E-state index in [-0.39, 0.29) is 12.4 Å². The summed E-state index contributed by atoms with van der Waals surface area (Å²) < 4.78 is 1.14. The maximum Gasteiger partial charge on any atom is 0.0992 e. The van der Waals surface area contributed by atoms with E-state index in [2.05, 4.69) is 12.1 Å². The predicted molar refractivity (Wildman–Crippen MR) is 61.7 cm³/mol. The van der Waals surface area contributed by atoms with E-state index in [4.69, 9.17) is 11.0 Å². The van der Waals surface area contributed by atoms with Gasteiger partial charge in [-0.3, -0.25) is 0 Å². The molecule has 72 valence electrons. The molecule has 14 heavy (non-hydrogen) atoms. The van der Waals surface area contributed by atoms with Crippen LogP contribution < -0.4 is 5.73 Å². The largest absolute Gasteiger partial charge is 0.326 e. The molecule has 0 radical (unpaired) electrons. The number of hydrogen-bond donors (Lipinski definition) is 1. The number of thiophene rings is 1. The van der Waals surface area contributed by atoms with Gasteiger partial charge in [0.1, 0.15) is 0 Å². The number of nitriles is 1. The zero-order valence-electron chi connectivity index (χ0n) is 7.36. The first kappa shape index (κ1) is 11.0. The molecule has 2 rings (SSSR count). The van der Waals surface area contributed by atoms with E-state index in [1.807, 2.05) is 18.2 Å². The fourth-order valence-electron chi connectivity index (χ4n) is 1.26. The highest BCUT2D eigenvalue weighted by atomic mass is 35.5. The number of fused-ring (bicyclic) bond motifs is 1. The lowest BCUT2D eigenvalue weighted by Crippen LogP contribution is -1.90. The lowest BCUT2D eigenvalue weighted by molar-refractivity contribution is 1.11. The Balaban J connectivity index is 0.000000980. The molecule has 0 fully saturated rings. The molecule has 1 aromatic carbocycles. The normalized spacial score (nSPS) is 9.43.